The van der Waals surface area contributed by atoms with Gasteiger partial charge in [-0.05, 0) is 18.4 Å². The van der Waals surface area contributed by atoms with Crippen LogP contribution in [0.1, 0.15) is 18.4 Å². The Labute approximate surface area is 79.4 Å². The average molecular weight is 174 g/mol. The third-order valence-electron chi connectivity index (χ3n) is 1.96. The summed E-state index contributed by atoms with van der Waals surface area (Å²) in [4.78, 5) is 0. The lowest BCUT2D eigenvalue weighted by Crippen LogP contribution is -2.06. The standard InChI is InChI=1S/C12H14O/c1-2-6-12(13)10-9-11-7-4-3-5-8-11/h1,3-5,7-8,12-13H,6,9-10H2. The van der Waals surface area contributed by atoms with Crippen LogP contribution in [0.15, 0.2) is 30.3 Å². The van der Waals surface area contributed by atoms with E-state index in [9.17, 15) is 5.11 Å². The summed E-state index contributed by atoms with van der Waals surface area (Å²) in [6.07, 6.45) is 6.82. The summed E-state index contributed by atoms with van der Waals surface area (Å²) in [5.41, 5.74) is 1.25. The smallest absolute Gasteiger partial charge is 0.0652 e. The molecule has 0 aromatic heterocycles. The van der Waals surface area contributed by atoms with Gasteiger partial charge in [0, 0.05) is 6.42 Å². The third kappa shape index (κ3) is 3.78. The molecule has 0 aliphatic rings. The van der Waals surface area contributed by atoms with Gasteiger partial charge in [0.15, 0.2) is 0 Å². The van der Waals surface area contributed by atoms with Crippen LogP contribution in [0.3, 0.4) is 0 Å². The lowest BCUT2D eigenvalue weighted by molar-refractivity contribution is 0.170. The van der Waals surface area contributed by atoms with Crippen molar-refractivity contribution in [3.8, 4) is 12.3 Å². The predicted octanol–water partition coefficient (Wildman–Crippen LogP) is 2.00. The molecule has 0 saturated carbocycles. The number of hydrogen-bond donors (Lipinski definition) is 1. The number of terminal acetylenes is 1. The monoisotopic (exact) mass is 174 g/mol. The molecule has 0 amide bonds. The Morgan fingerprint density at radius 1 is 1.31 bits per heavy atom. The normalized spacial score (nSPS) is 12.0. The van der Waals surface area contributed by atoms with E-state index in [1.54, 1.807) is 0 Å². The molecular formula is C12H14O. The third-order valence-corrected chi connectivity index (χ3v) is 1.96. The molecule has 1 aromatic rings. The van der Waals surface area contributed by atoms with Gasteiger partial charge >= 0.3 is 0 Å². The maximum Gasteiger partial charge on any atom is 0.0652 e. The fourth-order valence-corrected chi connectivity index (χ4v) is 1.22. The van der Waals surface area contributed by atoms with Crippen molar-refractivity contribution in [1.29, 1.82) is 0 Å². The largest absolute Gasteiger partial charge is 0.392 e. The van der Waals surface area contributed by atoms with Crippen LogP contribution >= 0.6 is 0 Å². The minimum atomic E-state index is -0.356. The molecule has 68 valence electrons. The first kappa shape index (κ1) is 9.83. The van der Waals surface area contributed by atoms with E-state index in [4.69, 9.17) is 6.42 Å². The summed E-state index contributed by atoms with van der Waals surface area (Å²) in [5, 5.41) is 9.37. The van der Waals surface area contributed by atoms with Crippen LogP contribution < -0.4 is 0 Å². The van der Waals surface area contributed by atoms with E-state index >= 15 is 0 Å². The van der Waals surface area contributed by atoms with Crippen molar-refractivity contribution in [2.75, 3.05) is 0 Å². The SMILES string of the molecule is C#CCC(O)CCc1ccccc1. The Bertz CT molecular complexity index is 271. The molecule has 0 heterocycles. The molecule has 0 fully saturated rings. The van der Waals surface area contributed by atoms with Crippen molar-refractivity contribution in [3.05, 3.63) is 35.9 Å². The van der Waals surface area contributed by atoms with Crippen LogP contribution in [0.5, 0.6) is 0 Å². The van der Waals surface area contributed by atoms with Crippen molar-refractivity contribution < 1.29 is 5.11 Å². The van der Waals surface area contributed by atoms with Gasteiger partial charge in [0.2, 0.25) is 0 Å². The van der Waals surface area contributed by atoms with Crippen molar-refractivity contribution in [3.63, 3.8) is 0 Å². The number of aryl methyl sites for hydroxylation is 1. The Morgan fingerprint density at radius 3 is 2.62 bits per heavy atom. The lowest BCUT2D eigenvalue weighted by atomic mass is 10.1. The first-order chi connectivity index (χ1) is 6.33. The maximum atomic E-state index is 9.37. The molecule has 1 heteroatoms. The van der Waals surface area contributed by atoms with Gasteiger partial charge in [-0.3, -0.25) is 0 Å². The number of hydrogen-bond acceptors (Lipinski definition) is 1. The molecule has 1 atom stereocenters. The number of aliphatic hydroxyl groups excluding tert-OH is 1. The lowest BCUT2D eigenvalue weighted by Gasteiger charge is -2.06. The molecule has 13 heavy (non-hydrogen) atoms. The zero-order valence-electron chi connectivity index (χ0n) is 7.61. The van der Waals surface area contributed by atoms with Gasteiger partial charge in [-0.2, -0.15) is 0 Å². The molecule has 1 unspecified atom stereocenters. The average Bonchev–Trinajstić information content (AvgIpc) is 2.17. The second-order valence-corrected chi connectivity index (χ2v) is 3.09. The van der Waals surface area contributed by atoms with Gasteiger partial charge in [0.25, 0.3) is 0 Å². The molecule has 0 bridgehead atoms. The molecule has 1 nitrogen and oxygen atoms in total. The topological polar surface area (TPSA) is 20.2 Å². The van der Waals surface area contributed by atoms with Gasteiger partial charge in [-0.1, -0.05) is 30.3 Å². The van der Waals surface area contributed by atoms with E-state index in [-0.39, 0.29) is 6.10 Å². The Balaban J connectivity index is 2.32. The van der Waals surface area contributed by atoms with Gasteiger partial charge in [-0.25, -0.2) is 0 Å². The van der Waals surface area contributed by atoms with Crippen LogP contribution in [0.2, 0.25) is 0 Å². The Hall–Kier alpha value is -1.26. The van der Waals surface area contributed by atoms with E-state index in [1.807, 2.05) is 18.2 Å². The van der Waals surface area contributed by atoms with Crippen LogP contribution in [0.25, 0.3) is 0 Å². The number of aliphatic hydroxyl groups is 1. The highest BCUT2D eigenvalue weighted by Gasteiger charge is 2.01. The Kier molecular flexibility index (Phi) is 4.08. The second kappa shape index (κ2) is 5.40. The van der Waals surface area contributed by atoms with Crippen molar-refractivity contribution in [2.24, 2.45) is 0 Å². The minimum Gasteiger partial charge on any atom is -0.392 e. The van der Waals surface area contributed by atoms with Crippen molar-refractivity contribution in [1.82, 2.24) is 0 Å². The summed E-state index contributed by atoms with van der Waals surface area (Å²) in [5.74, 6) is 2.45. The first-order valence-electron chi connectivity index (χ1n) is 4.48. The predicted molar refractivity (Wildman–Crippen MR) is 54.2 cm³/mol. The summed E-state index contributed by atoms with van der Waals surface area (Å²) < 4.78 is 0. The van der Waals surface area contributed by atoms with Crippen LogP contribution in [0.4, 0.5) is 0 Å². The number of benzene rings is 1. The molecule has 0 radical (unpaired) electrons. The molecule has 1 aromatic carbocycles. The highest BCUT2D eigenvalue weighted by molar-refractivity contribution is 5.14. The summed E-state index contributed by atoms with van der Waals surface area (Å²) in [7, 11) is 0. The number of rotatable bonds is 4. The zero-order chi connectivity index (χ0) is 9.52. The van der Waals surface area contributed by atoms with Crippen LogP contribution in [0, 0.1) is 12.3 Å². The first-order valence-corrected chi connectivity index (χ1v) is 4.48. The summed E-state index contributed by atoms with van der Waals surface area (Å²) in [6, 6.07) is 10.1. The van der Waals surface area contributed by atoms with Crippen LogP contribution in [-0.4, -0.2) is 11.2 Å². The van der Waals surface area contributed by atoms with Gasteiger partial charge in [-0.15, -0.1) is 12.3 Å². The molecule has 0 saturated heterocycles. The van der Waals surface area contributed by atoms with E-state index in [2.05, 4.69) is 18.1 Å². The molecule has 0 aliphatic carbocycles. The van der Waals surface area contributed by atoms with Gasteiger partial charge < -0.3 is 5.11 Å². The molecule has 0 spiro atoms. The fraction of sp³-hybridized carbons (Fsp3) is 0.333. The van der Waals surface area contributed by atoms with E-state index in [0.29, 0.717) is 6.42 Å². The quantitative estimate of drug-likeness (QED) is 0.692. The van der Waals surface area contributed by atoms with E-state index in [0.717, 1.165) is 12.8 Å². The van der Waals surface area contributed by atoms with E-state index in [1.165, 1.54) is 5.56 Å². The van der Waals surface area contributed by atoms with Crippen LogP contribution in [-0.2, 0) is 6.42 Å². The molecule has 1 N–H and O–H groups in total. The fourth-order valence-electron chi connectivity index (χ4n) is 1.22. The summed E-state index contributed by atoms with van der Waals surface area (Å²) >= 11 is 0. The molecular weight excluding hydrogens is 160 g/mol. The molecule has 1 rings (SSSR count). The van der Waals surface area contributed by atoms with Crippen molar-refractivity contribution in [2.45, 2.75) is 25.4 Å². The highest BCUT2D eigenvalue weighted by Crippen LogP contribution is 2.06. The molecule has 0 aliphatic heterocycles. The zero-order valence-corrected chi connectivity index (χ0v) is 7.61. The minimum absolute atomic E-state index is 0.356. The second-order valence-electron chi connectivity index (χ2n) is 3.09. The highest BCUT2D eigenvalue weighted by atomic mass is 16.3. The Morgan fingerprint density at radius 2 is 2.00 bits per heavy atom. The summed E-state index contributed by atoms with van der Waals surface area (Å²) in [6.45, 7) is 0. The maximum absolute atomic E-state index is 9.37. The van der Waals surface area contributed by atoms with Gasteiger partial charge in [0.05, 0.1) is 6.10 Å². The van der Waals surface area contributed by atoms with E-state index < -0.39 is 0 Å². The van der Waals surface area contributed by atoms with Gasteiger partial charge in [0.1, 0.15) is 0 Å². The van der Waals surface area contributed by atoms with Crippen molar-refractivity contribution >= 4 is 0 Å².